The quantitative estimate of drug-likeness (QED) is 0.753. The molecule has 0 saturated carbocycles. The minimum Gasteiger partial charge on any atom is -0.444 e. The molecule has 1 aromatic carbocycles. The lowest BCUT2D eigenvalue weighted by Gasteiger charge is -2.18. The van der Waals surface area contributed by atoms with Gasteiger partial charge in [-0.2, -0.15) is 0 Å². The van der Waals surface area contributed by atoms with E-state index >= 15 is 0 Å². The summed E-state index contributed by atoms with van der Waals surface area (Å²) in [6.07, 6.45) is -1.30. The maximum Gasteiger partial charge on any atom is 0.344 e. The van der Waals surface area contributed by atoms with Crippen molar-refractivity contribution in [2.75, 3.05) is 6.54 Å². The van der Waals surface area contributed by atoms with Gasteiger partial charge in [0, 0.05) is 18.0 Å². The zero-order chi connectivity index (χ0) is 20.0. The van der Waals surface area contributed by atoms with Crippen molar-refractivity contribution in [3.05, 3.63) is 52.9 Å². The topological polar surface area (TPSA) is 111 Å². The highest BCUT2D eigenvalue weighted by Gasteiger charge is 2.31. The van der Waals surface area contributed by atoms with E-state index in [0.29, 0.717) is 23.6 Å². The standard InChI is InChI=1S/C19H23N3O5/c1-5-20-19(25)21-17(23)16(13-9-7-6-8-10-13)26-18(24)14-12(4)22-27-15(14)11(2)3/h6-11,16H,5H2,1-4H3,(H2,20,21,23,25)/t16-/m1/s1. The molecular weight excluding hydrogens is 350 g/mol. The Bertz CT molecular complexity index is 814. The number of urea groups is 1. The van der Waals surface area contributed by atoms with Crippen molar-refractivity contribution in [1.29, 1.82) is 0 Å². The molecule has 2 N–H and O–H groups in total. The maximum atomic E-state index is 12.7. The van der Waals surface area contributed by atoms with Crippen molar-refractivity contribution in [2.24, 2.45) is 0 Å². The molecule has 2 rings (SSSR count). The Balaban J connectivity index is 2.30. The van der Waals surface area contributed by atoms with Crippen LogP contribution in [0.2, 0.25) is 0 Å². The highest BCUT2D eigenvalue weighted by Crippen LogP contribution is 2.26. The largest absolute Gasteiger partial charge is 0.444 e. The Hall–Kier alpha value is -3.16. The number of nitrogens with one attached hydrogen (secondary N) is 2. The lowest BCUT2D eigenvalue weighted by Crippen LogP contribution is -2.42. The van der Waals surface area contributed by atoms with Gasteiger partial charge in [0.2, 0.25) is 6.10 Å². The van der Waals surface area contributed by atoms with E-state index in [0.717, 1.165) is 0 Å². The number of hydrogen-bond acceptors (Lipinski definition) is 6. The van der Waals surface area contributed by atoms with Gasteiger partial charge in [0.25, 0.3) is 5.91 Å². The van der Waals surface area contributed by atoms with Gasteiger partial charge in [-0.3, -0.25) is 10.1 Å². The van der Waals surface area contributed by atoms with Crippen molar-refractivity contribution in [2.45, 2.75) is 39.7 Å². The monoisotopic (exact) mass is 373 g/mol. The number of carbonyl (C=O) groups excluding carboxylic acids is 3. The van der Waals surface area contributed by atoms with E-state index in [1.807, 2.05) is 13.8 Å². The molecular formula is C19H23N3O5. The molecule has 0 fully saturated rings. The predicted molar refractivity (Wildman–Crippen MR) is 97.1 cm³/mol. The number of aromatic nitrogens is 1. The molecule has 1 aromatic heterocycles. The highest BCUT2D eigenvalue weighted by atomic mass is 16.6. The summed E-state index contributed by atoms with van der Waals surface area (Å²) in [5.41, 5.74) is 1.00. The summed E-state index contributed by atoms with van der Waals surface area (Å²) in [7, 11) is 0. The van der Waals surface area contributed by atoms with E-state index in [1.165, 1.54) is 0 Å². The van der Waals surface area contributed by atoms with E-state index in [1.54, 1.807) is 44.2 Å². The van der Waals surface area contributed by atoms with Crippen LogP contribution in [-0.4, -0.2) is 29.6 Å². The lowest BCUT2D eigenvalue weighted by molar-refractivity contribution is -0.129. The van der Waals surface area contributed by atoms with Crippen molar-refractivity contribution in [1.82, 2.24) is 15.8 Å². The summed E-state index contributed by atoms with van der Waals surface area (Å²) in [4.78, 5) is 37.0. The zero-order valence-corrected chi connectivity index (χ0v) is 15.7. The summed E-state index contributed by atoms with van der Waals surface area (Å²) in [6, 6.07) is 7.80. The molecule has 0 aliphatic carbocycles. The smallest absolute Gasteiger partial charge is 0.344 e. The van der Waals surface area contributed by atoms with Gasteiger partial charge < -0.3 is 14.6 Å². The molecule has 0 bridgehead atoms. The summed E-state index contributed by atoms with van der Waals surface area (Å²) < 4.78 is 10.7. The molecule has 1 atom stereocenters. The second-order valence-corrected chi connectivity index (χ2v) is 6.21. The summed E-state index contributed by atoms with van der Waals surface area (Å²) in [5, 5.41) is 8.45. The van der Waals surface area contributed by atoms with Crippen LogP contribution < -0.4 is 10.6 Å². The molecule has 3 amide bonds. The van der Waals surface area contributed by atoms with E-state index in [9.17, 15) is 14.4 Å². The molecule has 2 aromatic rings. The van der Waals surface area contributed by atoms with Gasteiger partial charge in [-0.25, -0.2) is 9.59 Å². The Kier molecular flexibility index (Phi) is 6.70. The number of ether oxygens (including phenoxy) is 1. The fraction of sp³-hybridized carbons (Fsp3) is 0.368. The SMILES string of the molecule is CCNC(=O)NC(=O)[C@H](OC(=O)c1c(C)noc1C(C)C)c1ccccc1. The van der Waals surface area contributed by atoms with Gasteiger partial charge in [0.1, 0.15) is 5.56 Å². The van der Waals surface area contributed by atoms with Crippen LogP contribution in [0.25, 0.3) is 0 Å². The number of esters is 1. The number of rotatable bonds is 6. The molecule has 0 unspecified atom stereocenters. The van der Waals surface area contributed by atoms with Crippen LogP contribution in [-0.2, 0) is 9.53 Å². The first-order chi connectivity index (χ1) is 12.8. The van der Waals surface area contributed by atoms with E-state index in [4.69, 9.17) is 9.26 Å². The van der Waals surface area contributed by atoms with Gasteiger partial charge >= 0.3 is 12.0 Å². The average Bonchev–Trinajstić information content (AvgIpc) is 3.02. The first-order valence-corrected chi connectivity index (χ1v) is 8.65. The molecule has 8 heteroatoms. The molecule has 1 heterocycles. The normalized spacial score (nSPS) is 11.7. The Morgan fingerprint density at radius 3 is 2.44 bits per heavy atom. The molecule has 0 aliphatic heterocycles. The third-order valence-corrected chi connectivity index (χ3v) is 3.76. The second kappa shape index (κ2) is 8.98. The Morgan fingerprint density at radius 2 is 1.85 bits per heavy atom. The van der Waals surface area contributed by atoms with Crippen LogP contribution in [0.3, 0.4) is 0 Å². The summed E-state index contributed by atoms with van der Waals surface area (Å²) in [6.45, 7) is 7.41. The average molecular weight is 373 g/mol. The Labute approximate surface area is 157 Å². The van der Waals surface area contributed by atoms with E-state index in [-0.39, 0.29) is 11.5 Å². The molecule has 0 aliphatic rings. The molecule has 0 spiro atoms. The van der Waals surface area contributed by atoms with E-state index < -0.39 is 24.0 Å². The third-order valence-electron chi connectivity index (χ3n) is 3.76. The van der Waals surface area contributed by atoms with Gasteiger partial charge in [0.15, 0.2) is 5.76 Å². The van der Waals surface area contributed by atoms with Crippen molar-refractivity contribution < 1.29 is 23.6 Å². The first-order valence-electron chi connectivity index (χ1n) is 8.65. The summed E-state index contributed by atoms with van der Waals surface area (Å²) in [5.74, 6) is -1.19. The molecule has 144 valence electrons. The minimum atomic E-state index is -1.30. The lowest BCUT2D eigenvalue weighted by atomic mass is 10.0. The van der Waals surface area contributed by atoms with Crippen LogP contribution in [0.15, 0.2) is 34.9 Å². The second-order valence-electron chi connectivity index (χ2n) is 6.21. The fourth-order valence-electron chi connectivity index (χ4n) is 2.48. The van der Waals surface area contributed by atoms with Crippen molar-refractivity contribution in [3.63, 3.8) is 0 Å². The molecule has 0 radical (unpaired) electrons. The Morgan fingerprint density at radius 1 is 1.19 bits per heavy atom. The predicted octanol–water partition coefficient (Wildman–Crippen LogP) is 2.85. The number of carbonyl (C=O) groups is 3. The van der Waals surface area contributed by atoms with Crippen LogP contribution >= 0.6 is 0 Å². The number of benzene rings is 1. The van der Waals surface area contributed by atoms with Crippen LogP contribution in [0.5, 0.6) is 0 Å². The van der Waals surface area contributed by atoms with Gasteiger partial charge in [-0.05, 0) is 13.8 Å². The van der Waals surface area contributed by atoms with Crippen molar-refractivity contribution in [3.8, 4) is 0 Å². The van der Waals surface area contributed by atoms with Gasteiger partial charge in [0.05, 0.1) is 5.69 Å². The number of aryl methyl sites for hydroxylation is 1. The van der Waals surface area contributed by atoms with Crippen LogP contribution in [0.1, 0.15) is 60.2 Å². The first kappa shape index (κ1) is 20.2. The third kappa shape index (κ3) is 4.93. The number of nitrogens with zero attached hydrogens (tertiary/aromatic N) is 1. The number of imide groups is 1. The van der Waals surface area contributed by atoms with Crippen molar-refractivity contribution >= 4 is 17.9 Å². The fourth-order valence-corrected chi connectivity index (χ4v) is 2.48. The highest BCUT2D eigenvalue weighted by molar-refractivity contribution is 5.99. The minimum absolute atomic E-state index is 0.0897. The number of hydrogen-bond donors (Lipinski definition) is 2. The molecule has 0 saturated heterocycles. The summed E-state index contributed by atoms with van der Waals surface area (Å²) >= 11 is 0. The van der Waals surface area contributed by atoms with Crippen LogP contribution in [0, 0.1) is 6.92 Å². The number of amides is 3. The van der Waals surface area contributed by atoms with Crippen LogP contribution in [0.4, 0.5) is 4.79 Å². The maximum absolute atomic E-state index is 12.7. The van der Waals surface area contributed by atoms with E-state index in [2.05, 4.69) is 15.8 Å². The van der Waals surface area contributed by atoms with Gasteiger partial charge in [-0.15, -0.1) is 0 Å². The molecule has 27 heavy (non-hydrogen) atoms. The zero-order valence-electron chi connectivity index (χ0n) is 15.7. The van der Waals surface area contributed by atoms with Gasteiger partial charge in [-0.1, -0.05) is 49.3 Å². The molecule has 8 nitrogen and oxygen atoms in total.